The highest BCUT2D eigenvalue weighted by atomic mass is 19.3. The van der Waals surface area contributed by atoms with Crippen molar-refractivity contribution in [3.05, 3.63) is 71.3 Å². The number of benzene rings is 2. The van der Waals surface area contributed by atoms with Crippen LogP contribution in [0.15, 0.2) is 48.6 Å². The summed E-state index contributed by atoms with van der Waals surface area (Å²) < 4.78 is 59.7. The van der Waals surface area contributed by atoms with Crippen molar-refractivity contribution < 1.29 is 22.3 Å². The highest BCUT2D eigenvalue weighted by Gasteiger charge is 2.36. The van der Waals surface area contributed by atoms with E-state index in [1.54, 1.807) is 12.1 Å². The van der Waals surface area contributed by atoms with Crippen molar-refractivity contribution in [2.45, 2.75) is 44.6 Å². The summed E-state index contributed by atoms with van der Waals surface area (Å²) in [4.78, 5) is 0. The fourth-order valence-corrected chi connectivity index (χ4v) is 3.96. The second-order valence-corrected chi connectivity index (χ2v) is 7.27. The minimum absolute atomic E-state index is 0.0449. The van der Waals surface area contributed by atoms with E-state index < -0.39 is 23.3 Å². The number of alkyl halides is 2. The normalized spacial score (nSPS) is 20.6. The van der Waals surface area contributed by atoms with Crippen LogP contribution in [-0.2, 0) is 10.8 Å². The van der Waals surface area contributed by atoms with E-state index >= 15 is 0 Å². The van der Waals surface area contributed by atoms with E-state index in [0.29, 0.717) is 17.4 Å². The lowest BCUT2D eigenvalue weighted by Crippen LogP contribution is -2.18. The lowest BCUT2D eigenvalue weighted by atomic mass is 9.78. The van der Waals surface area contributed by atoms with Crippen molar-refractivity contribution in [3.8, 4) is 11.1 Å². The van der Waals surface area contributed by atoms with Crippen LogP contribution in [0.5, 0.6) is 0 Å². The molecule has 1 fully saturated rings. The van der Waals surface area contributed by atoms with E-state index in [2.05, 4.69) is 16.9 Å². The van der Waals surface area contributed by atoms with Gasteiger partial charge in [0.15, 0.2) is 11.6 Å². The molecule has 28 heavy (non-hydrogen) atoms. The van der Waals surface area contributed by atoms with Crippen molar-refractivity contribution in [3.63, 3.8) is 0 Å². The van der Waals surface area contributed by atoms with Crippen molar-refractivity contribution in [1.29, 1.82) is 0 Å². The Morgan fingerprint density at radius 1 is 0.929 bits per heavy atom. The maximum Gasteiger partial charge on any atom is 0.386 e. The van der Waals surface area contributed by atoms with Crippen molar-refractivity contribution >= 4 is 0 Å². The molecule has 0 atom stereocenters. The summed E-state index contributed by atoms with van der Waals surface area (Å²) in [7, 11) is 0.746. The van der Waals surface area contributed by atoms with Gasteiger partial charge in [-0.25, -0.2) is 8.78 Å². The summed E-state index contributed by atoms with van der Waals surface area (Å²) in [5.41, 5.74) is 0.475. The van der Waals surface area contributed by atoms with E-state index in [1.807, 2.05) is 19.1 Å². The summed E-state index contributed by atoms with van der Waals surface area (Å²) >= 11 is 0. The van der Waals surface area contributed by atoms with Crippen molar-refractivity contribution in [1.82, 2.24) is 0 Å². The molecule has 0 bridgehead atoms. The van der Waals surface area contributed by atoms with Crippen molar-refractivity contribution in [2.75, 3.05) is 7.11 Å². The summed E-state index contributed by atoms with van der Waals surface area (Å²) in [6.45, 7) is 2.04. The first-order valence-corrected chi connectivity index (χ1v) is 9.52. The topological polar surface area (TPSA) is 9.23 Å². The molecule has 1 aliphatic rings. The van der Waals surface area contributed by atoms with Gasteiger partial charge >= 0.3 is 6.11 Å². The standard InChI is InChI=1S/C23H24F4O/c1-3-4-15-5-7-16(8-6-15)17-9-11-18(12-10-17)19-13-14-20(22(25)21(19)24)23(26,27)28-2/h3-4,9-16H,5-8H2,1-2H3/b4-3+. The molecule has 0 aliphatic heterocycles. The molecule has 2 aromatic carbocycles. The third-order valence-corrected chi connectivity index (χ3v) is 5.58. The van der Waals surface area contributed by atoms with Gasteiger partial charge < -0.3 is 4.74 Å². The Morgan fingerprint density at radius 3 is 2.14 bits per heavy atom. The maximum atomic E-state index is 14.4. The Hall–Kier alpha value is -2.14. The van der Waals surface area contributed by atoms with Crippen LogP contribution in [0, 0.1) is 17.6 Å². The van der Waals surface area contributed by atoms with Crippen molar-refractivity contribution in [2.24, 2.45) is 5.92 Å². The smallest absolute Gasteiger partial charge is 0.320 e. The molecule has 5 heteroatoms. The molecule has 3 rings (SSSR count). The molecule has 0 spiro atoms. The number of ether oxygens (including phenoxy) is 1. The van der Waals surface area contributed by atoms with Crippen LogP contribution in [-0.4, -0.2) is 7.11 Å². The highest BCUT2D eigenvalue weighted by Crippen LogP contribution is 2.38. The average molecular weight is 392 g/mol. The zero-order valence-electron chi connectivity index (χ0n) is 16.0. The quantitative estimate of drug-likeness (QED) is 0.387. The zero-order valence-corrected chi connectivity index (χ0v) is 16.0. The molecule has 0 radical (unpaired) electrons. The monoisotopic (exact) mass is 392 g/mol. The molecule has 0 unspecified atom stereocenters. The number of halogens is 4. The van der Waals surface area contributed by atoms with Crippen LogP contribution in [0.4, 0.5) is 17.6 Å². The average Bonchev–Trinajstić information content (AvgIpc) is 2.71. The number of allylic oxidation sites excluding steroid dienone is 2. The maximum absolute atomic E-state index is 14.4. The molecular formula is C23H24F4O. The van der Waals surface area contributed by atoms with Gasteiger partial charge in [0.1, 0.15) is 0 Å². The van der Waals surface area contributed by atoms with E-state index in [1.165, 1.54) is 5.56 Å². The number of hydrogen-bond donors (Lipinski definition) is 0. The molecule has 150 valence electrons. The fraction of sp³-hybridized carbons (Fsp3) is 0.391. The Morgan fingerprint density at radius 2 is 1.57 bits per heavy atom. The van der Waals surface area contributed by atoms with Gasteiger partial charge in [-0.1, -0.05) is 42.5 Å². The van der Waals surface area contributed by atoms with Gasteiger partial charge in [-0.05, 0) is 61.6 Å². The van der Waals surface area contributed by atoms with E-state index in [0.717, 1.165) is 44.9 Å². The second kappa shape index (κ2) is 8.48. The van der Waals surface area contributed by atoms with Crippen LogP contribution < -0.4 is 0 Å². The Balaban J connectivity index is 1.80. The van der Waals surface area contributed by atoms with Crippen LogP contribution in [0.3, 0.4) is 0 Å². The summed E-state index contributed by atoms with van der Waals surface area (Å²) in [6.07, 6.45) is 4.96. The fourth-order valence-electron chi connectivity index (χ4n) is 3.96. The predicted molar refractivity (Wildman–Crippen MR) is 102 cm³/mol. The zero-order chi connectivity index (χ0) is 20.3. The number of rotatable bonds is 5. The van der Waals surface area contributed by atoms with Gasteiger partial charge in [-0.2, -0.15) is 8.78 Å². The molecule has 1 aliphatic carbocycles. The third-order valence-electron chi connectivity index (χ3n) is 5.58. The molecule has 1 nitrogen and oxygen atoms in total. The predicted octanol–water partition coefficient (Wildman–Crippen LogP) is 7.18. The lowest BCUT2D eigenvalue weighted by molar-refractivity contribution is -0.233. The SMILES string of the molecule is C/C=C/C1CCC(c2ccc(-c3ccc(C(F)(F)OC)c(F)c3F)cc2)CC1. The van der Waals surface area contributed by atoms with Gasteiger partial charge in [0.25, 0.3) is 0 Å². The van der Waals surface area contributed by atoms with E-state index in [9.17, 15) is 17.6 Å². The molecule has 1 saturated carbocycles. The molecule has 0 saturated heterocycles. The Kier molecular flexibility index (Phi) is 6.23. The van der Waals surface area contributed by atoms with E-state index in [-0.39, 0.29) is 5.56 Å². The van der Waals surface area contributed by atoms with Gasteiger partial charge in [0.2, 0.25) is 0 Å². The first kappa shape index (κ1) is 20.6. The van der Waals surface area contributed by atoms with Gasteiger partial charge in [0, 0.05) is 12.7 Å². The van der Waals surface area contributed by atoms with Crippen LogP contribution >= 0.6 is 0 Å². The minimum atomic E-state index is -3.88. The molecule has 0 aromatic heterocycles. The van der Waals surface area contributed by atoms with Crippen LogP contribution in [0.2, 0.25) is 0 Å². The first-order chi connectivity index (χ1) is 13.4. The largest absolute Gasteiger partial charge is 0.386 e. The molecule has 2 aromatic rings. The number of hydrogen-bond acceptors (Lipinski definition) is 1. The van der Waals surface area contributed by atoms with Gasteiger partial charge in [-0.3, -0.25) is 0 Å². The molecule has 0 N–H and O–H groups in total. The summed E-state index contributed by atoms with van der Waals surface area (Å²) in [6, 6.07) is 9.32. The number of methoxy groups -OCH3 is 1. The highest BCUT2D eigenvalue weighted by molar-refractivity contribution is 5.65. The summed E-state index contributed by atoms with van der Waals surface area (Å²) in [5, 5.41) is 0. The molecule has 0 amide bonds. The second-order valence-electron chi connectivity index (χ2n) is 7.27. The Labute approximate surface area is 163 Å². The lowest BCUT2D eigenvalue weighted by Gasteiger charge is -2.27. The first-order valence-electron chi connectivity index (χ1n) is 9.52. The minimum Gasteiger partial charge on any atom is -0.320 e. The molecular weight excluding hydrogens is 368 g/mol. The van der Waals surface area contributed by atoms with E-state index in [4.69, 9.17) is 0 Å². The Bertz CT molecular complexity index is 834. The third kappa shape index (κ3) is 4.14. The van der Waals surface area contributed by atoms with Gasteiger partial charge in [-0.15, -0.1) is 0 Å². The van der Waals surface area contributed by atoms with Gasteiger partial charge in [0.05, 0.1) is 5.56 Å². The molecule has 0 heterocycles. The van der Waals surface area contributed by atoms with Crippen LogP contribution in [0.25, 0.3) is 11.1 Å². The van der Waals surface area contributed by atoms with Crippen LogP contribution in [0.1, 0.15) is 49.7 Å². The summed E-state index contributed by atoms with van der Waals surface area (Å²) in [5.74, 6) is -1.79.